The van der Waals surface area contributed by atoms with Gasteiger partial charge in [0.05, 0.1) is 10.8 Å². The van der Waals surface area contributed by atoms with Crippen LogP contribution in [-0.2, 0) is 29.5 Å². The predicted molar refractivity (Wildman–Crippen MR) is 148 cm³/mol. The Morgan fingerprint density at radius 1 is 1.09 bits per heavy atom. The highest BCUT2D eigenvalue weighted by molar-refractivity contribution is 9.09. The number of piperazine rings is 1. The van der Waals surface area contributed by atoms with Crippen LogP contribution < -0.4 is 5.32 Å². The van der Waals surface area contributed by atoms with E-state index in [4.69, 9.17) is 0 Å². The lowest BCUT2D eigenvalue weighted by atomic mass is 9.88. The number of rotatable bonds is 8. The fraction of sp³-hybridized carbons (Fsp3) is 0.654. The van der Waals surface area contributed by atoms with Gasteiger partial charge in [-0.25, -0.2) is 0 Å². The number of hydrogen-bond donors (Lipinski definition) is 3. The average Bonchev–Trinajstić information content (AvgIpc) is 3.05. The Kier molecular flexibility index (Phi) is 9.04. The zero-order chi connectivity index (χ0) is 25.1. The zero-order valence-electron chi connectivity index (χ0n) is 21.6. The van der Waals surface area contributed by atoms with Gasteiger partial charge in [-0.15, -0.1) is 0 Å². The van der Waals surface area contributed by atoms with E-state index in [0.29, 0.717) is 17.6 Å². The van der Waals surface area contributed by atoms with E-state index in [-0.39, 0.29) is 16.1 Å². The zero-order valence-corrected chi connectivity index (χ0v) is 24.1. The standard InChI is InChI=1S/C26H41BrN4O2S/c1-25(2,3)15-19-18-7-8-21(32)20(23(18)29-24(19)34-26(4,5)6)17-31-13-11-30(12-14-31)10-9-28-22(33)16-27/h7-8,29,32H,9-17H2,1-6H3,(H,28,33)/p+1. The van der Waals surface area contributed by atoms with Gasteiger partial charge in [0.2, 0.25) is 10.9 Å². The maximum absolute atomic E-state index is 11.4. The van der Waals surface area contributed by atoms with Crippen LogP contribution >= 0.6 is 15.9 Å². The summed E-state index contributed by atoms with van der Waals surface area (Å²) in [6.07, 6.45) is 1.000. The van der Waals surface area contributed by atoms with Crippen molar-refractivity contribution in [2.24, 2.45) is 5.41 Å². The van der Waals surface area contributed by atoms with Crippen LogP contribution in [-0.4, -0.2) is 75.1 Å². The van der Waals surface area contributed by atoms with Crippen molar-refractivity contribution in [3.63, 3.8) is 0 Å². The average molecular weight is 555 g/mol. The highest BCUT2D eigenvalue weighted by Gasteiger charge is 2.30. The molecule has 34 heavy (non-hydrogen) atoms. The van der Waals surface area contributed by atoms with E-state index in [1.165, 1.54) is 27.7 Å². The number of hydrogen-bond acceptors (Lipinski definition) is 4. The first-order chi connectivity index (χ1) is 15.9. The first-order valence-electron chi connectivity index (χ1n) is 12.2. The molecule has 190 valence electrons. The van der Waals surface area contributed by atoms with Crippen molar-refractivity contribution in [1.82, 2.24) is 20.1 Å². The summed E-state index contributed by atoms with van der Waals surface area (Å²) >= 11 is 4.46. The number of nitrogens with zero attached hydrogens (tertiary/aromatic N) is 2. The van der Waals surface area contributed by atoms with E-state index < -0.39 is 0 Å². The third-order valence-electron chi connectivity index (χ3n) is 6.02. The molecule has 0 unspecified atom stereocenters. The summed E-state index contributed by atoms with van der Waals surface area (Å²) in [7, 11) is 0. The summed E-state index contributed by atoms with van der Waals surface area (Å²) in [5, 5.41) is 16.6. The van der Waals surface area contributed by atoms with Gasteiger partial charge in [0.15, 0.2) is 0 Å². The molecule has 1 fully saturated rings. The van der Waals surface area contributed by atoms with Gasteiger partial charge in [-0.1, -0.05) is 36.7 Å². The van der Waals surface area contributed by atoms with Crippen molar-refractivity contribution in [1.29, 1.82) is 0 Å². The molecule has 2 heterocycles. The van der Waals surface area contributed by atoms with Crippen LogP contribution in [0.5, 0.6) is 5.75 Å². The molecule has 3 N–H and O–H groups in total. The number of aromatic hydroxyl groups is 1. The van der Waals surface area contributed by atoms with Crippen molar-refractivity contribution < 1.29 is 9.90 Å². The Morgan fingerprint density at radius 2 is 1.74 bits per heavy atom. The maximum atomic E-state index is 11.4. The molecule has 0 aliphatic carbocycles. The minimum atomic E-state index is 0.0317. The Balaban J connectivity index is 1.77. The lowest BCUT2D eigenvalue weighted by Crippen LogP contribution is -2.48. The Hall–Kier alpha value is -1.22. The highest BCUT2D eigenvalue weighted by Crippen LogP contribution is 2.37. The second-order valence-electron chi connectivity index (χ2n) is 11.6. The van der Waals surface area contributed by atoms with Crippen molar-refractivity contribution in [3.8, 4) is 5.75 Å². The molecule has 0 radical (unpaired) electrons. The number of alkyl halides is 1. The molecule has 1 aromatic heterocycles. The van der Waals surface area contributed by atoms with Crippen LogP contribution in [0.25, 0.3) is 10.9 Å². The third kappa shape index (κ3) is 7.64. The van der Waals surface area contributed by atoms with Gasteiger partial charge in [0.1, 0.15) is 10.5 Å². The van der Waals surface area contributed by atoms with E-state index in [1.54, 1.807) is 0 Å². The normalized spacial score (nSPS) is 16.3. The predicted octanol–water partition coefficient (Wildman–Crippen LogP) is 4.06. The summed E-state index contributed by atoms with van der Waals surface area (Å²) < 4.78 is 0.153. The smallest absolute Gasteiger partial charge is 0.230 e. The van der Waals surface area contributed by atoms with E-state index >= 15 is 0 Å². The number of amides is 1. The molecule has 6 nitrogen and oxygen atoms in total. The third-order valence-corrected chi connectivity index (χ3v) is 7.80. The first-order valence-corrected chi connectivity index (χ1v) is 14.2. The van der Waals surface area contributed by atoms with Crippen LogP contribution in [0.15, 0.2) is 17.2 Å². The van der Waals surface area contributed by atoms with Gasteiger partial charge < -0.3 is 15.4 Å². The number of aromatic nitrogens is 1. The molecule has 3 rings (SSSR count). The lowest BCUT2D eigenvalue weighted by Gasteiger charge is -2.34. The van der Waals surface area contributed by atoms with Crippen LogP contribution in [0, 0.1) is 5.41 Å². The minimum Gasteiger partial charge on any atom is -0.508 e. The Bertz CT molecular complexity index is 985. The van der Waals surface area contributed by atoms with Crippen molar-refractivity contribution in [3.05, 3.63) is 23.3 Å². The second kappa shape index (κ2) is 11.2. The lowest BCUT2D eigenvalue weighted by molar-refractivity contribution is -0.118. The van der Waals surface area contributed by atoms with E-state index in [0.717, 1.165) is 56.8 Å². The molecule has 1 aliphatic rings. The summed E-state index contributed by atoms with van der Waals surface area (Å²) in [4.78, 5) is 20.0. The maximum Gasteiger partial charge on any atom is 0.230 e. The molecule has 1 saturated heterocycles. The van der Waals surface area contributed by atoms with Gasteiger partial charge >= 0.3 is 0 Å². The summed E-state index contributed by atoms with van der Waals surface area (Å²) in [6.45, 7) is 19.8. The molecule has 0 atom stereocenters. The quantitative estimate of drug-likeness (QED) is 0.262. The van der Waals surface area contributed by atoms with Crippen LogP contribution in [0.3, 0.4) is 0 Å². The number of benzene rings is 1. The van der Waals surface area contributed by atoms with E-state index in [9.17, 15) is 9.90 Å². The van der Waals surface area contributed by atoms with Gasteiger partial charge in [-0.3, -0.25) is 14.6 Å². The van der Waals surface area contributed by atoms with Crippen molar-refractivity contribution in [2.45, 2.75) is 64.3 Å². The number of carbonyl (C=O) groups excluding carboxylic acids is 1. The molecule has 2 aromatic rings. The van der Waals surface area contributed by atoms with Crippen LogP contribution in [0.4, 0.5) is 0 Å². The van der Waals surface area contributed by atoms with Crippen molar-refractivity contribution in [2.75, 3.05) is 44.6 Å². The number of thiol groups is 1. The fourth-order valence-electron chi connectivity index (χ4n) is 4.45. The molecule has 0 spiro atoms. The number of carbonyl (C=O) groups is 1. The SMILES string of the molecule is CC(C)(C)Cc1c([SH+]C(C)(C)C)[nH]c2c(CN3CCN(CCNC(=O)CBr)CC3)c(O)ccc12. The number of fused-ring (bicyclic) bond motifs is 1. The Morgan fingerprint density at radius 3 is 2.32 bits per heavy atom. The van der Waals surface area contributed by atoms with E-state index in [2.05, 4.69) is 83.6 Å². The van der Waals surface area contributed by atoms with Crippen molar-refractivity contribution >= 4 is 44.5 Å². The van der Waals surface area contributed by atoms with Crippen LogP contribution in [0.2, 0.25) is 0 Å². The van der Waals surface area contributed by atoms with Gasteiger partial charge in [-0.2, -0.15) is 0 Å². The number of halogens is 1. The monoisotopic (exact) mass is 553 g/mol. The van der Waals surface area contributed by atoms with Gasteiger partial charge in [-0.05, 0) is 44.7 Å². The number of aromatic amines is 1. The van der Waals surface area contributed by atoms with E-state index in [1.807, 2.05) is 6.07 Å². The molecule has 0 bridgehead atoms. The van der Waals surface area contributed by atoms with Gasteiger partial charge in [0, 0.05) is 74.1 Å². The summed E-state index contributed by atoms with van der Waals surface area (Å²) in [5.74, 6) is 0.402. The van der Waals surface area contributed by atoms with Crippen LogP contribution in [0.1, 0.15) is 52.7 Å². The fourth-order valence-corrected chi connectivity index (χ4v) is 5.82. The topological polar surface area (TPSA) is 71.6 Å². The number of nitrogens with one attached hydrogen (secondary N) is 2. The minimum absolute atomic E-state index is 0.0317. The second-order valence-corrected chi connectivity index (χ2v) is 14.1. The molecule has 0 saturated carbocycles. The highest BCUT2D eigenvalue weighted by atomic mass is 79.9. The number of phenols is 1. The molecule has 1 aromatic carbocycles. The summed E-state index contributed by atoms with van der Waals surface area (Å²) in [5.41, 5.74) is 3.65. The largest absolute Gasteiger partial charge is 0.508 e. The molecule has 8 heteroatoms. The molecular weight excluding hydrogens is 512 g/mol. The molecule has 1 amide bonds. The number of phenolic OH excluding ortho intramolecular Hbond substituents is 1. The Labute approximate surface area is 217 Å². The molecule has 1 aliphatic heterocycles. The first kappa shape index (κ1) is 27.4. The summed E-state index contributed by atoms with van der Waals surface area (Å²) in [6, 6.07) is 3.96. The molecular formula is C26H42BrN4O2S+. The van der Waals surface area contributed by atoms with Gasteiger partial charge in [0.25, 0.3) is 0 Å². The number of H-pyrrole nitrogens is 1.